The maximum absolute atomic E-state index is 12.1. The van der Waals surface area contributed by atoms with E-state index in [0.717, 1.165) is 0 Å². The van der Waals surface area contributed by atoms with Crippen LogP contribution in [0.4, 0.5) is 10.5 Å². The van der Waals surface area contributed by atoms with Crippen LogP contribution in [0.3, 0.4) is 0 Å². The van der Waals surface area contributed by atoms with Crippen molar-refractivity contribution >= 4 is 40.9 Å². The zero-order valence-electron chi connectivity index (χ0n) is 12.5. The van der Waals surface area contributed by atoms with Crippen LogP contribution in [0.1, 0.15) is 10.4 Å². The second-order valence-electron chi connectivity index (χ2n) is 5.31. The largest absolute Gasteiger partial charge is 0.442 e. The Morgan fingerprint density at radius 1 is 1.17 bits per heavy atom. The number of carbonyl (C=O) groups is 2. The van der Waals surface area contributed by atoms with Gasteiger partial charge in [-0.1, -0.05) is 29.3 Å². The van der Waals surface area contributed by atoms with Crippen LogP contribution < -0.4 is 10.2 Å². The molecule has 1 atom stereocenters. The number of benzene rings is 2. The van der Waals surface area contributed by atoms with Crippen molar-refractivity contribution in [2.45, 2.75) is 6.10 Å². The number of nitrogens with one attached hydrogen (secondary N) is 1. The van der Waals surface area contributed by atoms with Crippen molar-refractivity contribution in [1.29, 1.82) is 0 Å². The number of nitrogens with zero attached hydrogens (tertiary/aromatic N) is 1. The van der Waals surface area contributed by atoms with Crippen molar-refractivity contribution in [3.63, 3.8) is 0 Å². The molecule has 0 bridgehead atoms. The summed E-state index contributed by atoms with van der Waals surface area (Å²) < 4.78 is 5.28. The lowest BCUT2D eigenvalue weighted by Crippen LogP contribution is -2.34. The van der Waals surface area contributed by atoms with Gasteiger partial charge in [0.2, 0.25) is 0 Å². The van der Waals surface area contributed by atoms with Crippen molar-refractivity contribution in [2.75, 3.05) is 18.0 Å². The van der Waals surface area contributed by atoms with E-state index in [1.807, 2.05) is 0 Å². The summed E-state index contributed by atoms with van der Waals surface area (Å²) in [6.07, 6.45) is -0.879. The molecule has 1 aliphatic rings. The van der Waals surface area contributed by atoms with Crippen LogP contribution in [0.5, 0.6) is 0 Å². The first-order valence-corrected chi connectivity index (χ1v) is 8.06. The van der Waals surface area contributed by atoms with Gasteiger partial charge in [-0.05, 0) is 42.5 Å². The minimum atomic E-state index is -0.456. The van der Waals surface area contributed by atoms with Crippen molar-refractivity contribution in [2.24, 2.45) is 0 Å². The van der Waals surface area contributed by atoms with Gasteiger partial charge >= 0.3 is 6.09 Å². The molecule has 2 amide bonds. The molecule has 5 nitrogen and oxygen atoms in total. The molecule has 2 aromatic carbocycles. The van der Waals surface area contributed by atoms with Crippen molar-refractivity contribution in [3.05, 3.63) is 64.1 Å². The van der Waals surface area contributed by atoms with Crippen LogP contribution in [0.2, 0.25) is 10.0 Å². The van der Waals surface area contributed by atoms with Gasteiger partial charge in [0.1, 0.15) is 6.10 Å². The highest BCUT2D eigenvalue weighted by Crippen LogP contribution is 2.24. The van der Waals surface area contributed by atoms with Gasteiger partial charge in [0.15, 0.2) is 0 Å². The third kappa shape index (κ3) is 3.80. The molecule has 24 heavy (non-hydrogen) atoms. The van der Waals surface area contributed by atoms with Crippen LogP contribution in [-0.2, 0) is 4.74 Å². The highest BCUT2D eigenvalue weighted by atomic mass is 35.5. The predicted octanol–water partition coefficient (Wildman–Crippen LogP) is 3.75. The molecule has 3 rings (SSSR count). The molecule has 124 valence electrons. The zero-order chi connectivity index (χ0) is 17.1. The highest BCUT2D eigenvalue weighted by molar-refractivity contribution is 6.31. The third-order valence-electron chi connectivity index (χ3n) is 3.59. The van der Waals surface area contributed by atoms with Gasteiger partial charge in [0.05, 0.1) is 13.1 Å². The van der Waals surface area contributed by atoms with Crippen LogP contribution in [0, 0.1) is 0 Å². The van der Waals surface area contributed by atoms with Crippen LogP contribution in [0.25, 0.3) is 0 Å². The standard InChI is InChI=1S/C17H14Cl2N2O3/c18-12-6-4-11(5-7-12)16(22)20-9-15-10-21(17(23)24-15)14-3-1-2-13(19)8-14/h1-8,15H,9-10H2,(H,20,22). The van der Waals surface area contributed by atoms with E-state index in [9.17, 15) is 9.59 Å². The fourth-order valence-electron chi connectivity index (χ4n) is 2.39. The summed E-state index contributed by atoms with van der Waals surface area (Å²) in [6, 6.07) is 13.5. The van der Waals surface area contributed by atoms with E-state index >= 15 is 0 Å². The van der Waals surface area contributed by atoms with E-state index in [-0.39, 0.29) is 12.5 Å². The molecular formula is C17H14Cl2N2O3. The Labute approximate surface area is 149 Å². The fraction of sp³-hybridized carbons (Fsp3) is 0.176. The van der Waals surface area contributed by atoms with E-state index in [2.05, 4.69) is 5.32 Å². The van der Waals surface area contributed by atoms with Gasteiger partial charge in [-0.25, -0.2) is 4.79 Å². The molecule has 0 aliphatic carbocycles. The average molecular weight is 365 g/mol. The van der Waals surface area contributed by atoms with Gasteiger partial charge < -0.3 is 10.1 Å². The smallest absolute Gasteiger partial charge is 0.414 e. The summed E-state index contributed by atoms with van der Waals surface area (Å²) in [5.41, 5.74) is 1.16. The number of amides is 2. The number of carbonyl (C=O) groups excluding carboxylic acids is 2. The van der Waals surface area contributed by atoms with E-state index < -0.39 is 12.2 Å². The summed E-state index contributed by atoms with van der Waals surface area (Å²) >= 11 is 11.7. The number of cyclic esters (lactones) is 1. The predicted molar refractivity (Wildman–Crippen MR) is 92.9 cm³/mol. The molecule has 2 aromatic rings. The molecule has 0 radical (unpaired) electrons. The normalized spacial score (nSPS) is 16.8. The zero-order valence-corrected chi connectivity index (χ0v) is 14.1. The van der Waals surface area contributed by atoms with Crippen LogP contribution in [-0.4, -0.2) is 31.2 Å². The Hall–Kier alpha value is -2.24. The Kier molecular flexibility index (Phi) is 4.92. The summed E-state index contributed by atoms with van der Waals surface area (Å²) in [5, 5.41) is 3.86. The molecular weight excluding hydrogens is 351 g/mol. The molecule has 1 unspecified atom stereocenters. The van der Waals surface area contributed by atoms with Gasteiger partial charge in [-0.15, -0.1) is 0 Å². The maximum atomic E-state index is 12.1. The molecule has 7 heteroatoms. The summed E-state index contributed by atoms with van der Waals surface area (Å²) in [6.45, 7) is 0.574. The van der Waals surface area contributed by atoms with Crippen LogP contribution >= 0.6 is 23.2 Å². The summed E-state index contributed by atoms with van der Waals surface area (Å²) in [4.78, 5) is 25.5. The lowest BCUT2D eigenvalue weighted by molar-refractivity contribution is 0.0916. The summed E-state index contributed by atoms with van der Waals surface area (Å²) in [5.74, 6) is -0.246. The summed E-state index contributed by atoms with van der Waals surface area (Å²) in [7, 11) is 0. The number of hydrogen-bond acceptors (Lipinski definition) is 3. The number of ether oxygens (including phenoxy) is 1. The molecule has 1 fully saturated rings. The first kappa shape index (κ1) is 16.6. The average Bonchev–Trinajstić information content (AvgIpc) is 2.94. The maximum Gasteiger partial charge on any atom is 0.414 e. The first-order valence-electron chi connectivity index (χ1n) is 7.30. The molecule has 1 N–H and O–H groups in total. The van der Waals surface area contributed by atoms with E-state index in [4.69, 9.17) is 27.9 Å². The minimum absolute atomic E-state index is 0.226. The van der Waals surface area contributed by atoms with Crippen molar-refractivity contribution in [3.8, 4) is 0 Å². The lowest BCUT2D eigenvalue weighted by atomic mass is 10.2. The fourth-order valence-corrected chi connectivity index (χ4v) is 2.70. The molecule has 0 aromatic heterocycles. The number of anilines is 1. The van der Waals surface area contributed by atoms with Gasteiger partial charge in [0, 0.05) is 21.3 Å². The SMILES string of the molecule is O=C(NCC1CN(c2cccc(Cl)c2)C(=O)O1)c1ccc(Cl)cc1. The minimum Gasteiger partial charge on any atom is -0.442 e. The molecule has 1 heterocycles. The van der Waals surface area contributed by atoms with E-state index in [1.165, 1.54) is 4.90 Å². The van der Waals surface area contributed by atoms with Gasteiger partial charge in [-0.3, -0.25) is 9.69 Å². The highest BCUT2D eigenvalue weighted by Gasteiger charge is 2.32. The third-order valence-corrected chi connectivity index (χ3v) is 4.08. The number of halogens is 2. The van der Waals surface area contributed by atoms with Gasteiger partial charge in [-0.2, -0.15) is 0 Å². The molecule has 0 saturated carbocycles. The topological polar surface area (TPSA) is 58.6 Å². The monoisotopic (exact) mass is 364 g/mol. The molecule has 1 saturated heterocycles. The Bertz CT molecular complexity index is 765. The quantitative estimate of drug-likeness (QED) is 0.898. The second-order valence-corrected chi connectivity index (χ2v) is 6.19. The van der Waals surface area contributed by atoms with E-state index in [1.54, 1.807) is 48.5 Å². The van der Waals surface area contributed by atoms with Crippen molar-refractivity contribution in [1.82, 2.24) is 5.32 Å². The Morgan fingerprint density at radius 2 is 1.92 bits per heavy atom. The van der Waals surface area contributed by atoms with Crippen LogP contribution in [0.15, 0.2) is 48.5 Å². The first-order chi connectivity index (χ1) is 11.5. The molecule has 1 aliphatic heterocycles. The second kappa shape index (κ2) is 7.11. The molecule has 0 spiro atoms. The van der Waals surface area contributed by atoms with Crippen molar-refractivity contribution < 1.29 is 14.3 Å². The number of hydrogen-bond donors (Lipinski definition) is 1. The Balaban J connectivity index is 1.58. The lowest BCUT2D eigenvalue weighted by Gasteiger charge is -2.13. The Morgan fingerprint density at radius 3 is 2.62 bits per heavy atom. The number of rotatable bonds is 4. The van der Waals surface area contributed by atoms with Gasteiger partial charge in [0.25, 0.3) is 5.91 Å². The van der Waals surface area contributed by atoms with E-state index in [0.29, 0.717) is 27.8 Å².